The second kappa shape index (κ2) is 12.3. The number of carboxylic acids is 2. The van der Waals surface area contributed by atoms with Crippen LogP contribution in [0.2, 0.25) is 10.3 Å². The molecule has 0 aliphatic carbocycles. The number of rotatable bonds is 11. The van der Waals surface area contributed by atoms with Crippen molar-refractivity contribution < 1.29 is 29.3 Å². The highest BCUT2D eigenvalue weighted by Gasteiger charge is 2.50. The number of fused-ring (bicyclic) bond motifs is 1. The first kappa shape index (κ1) is 29.3. The van der Waals surface area contributed by atoms with E-state index < -0.39 is 35.8 Å². The van der Waals surface area contributed by atoms with Gasteiger partial charge in [0.05, 0.1) is 25.0 Å². The van der Waals surface area contributed by atoms with Crippen molar-refractivity contribution in [2.75, 3.05) is 11.9 Å². The topological polar surface area (TPSA) is 149 Å². The predicted molar refractivity (Wildman–Crippen MR) is 154 cm³/mol. The number of ether oxygens (including phenoxy) is 2. The molecule has 42 heavy (non-hydrogen) atoms. The first-order chi connectivity index (χ1) is 20.2. The van der Waals surface area contributed by atoms with Crippen LogP contribution in [-0.2, 0) is 32.0 Å². The number of benzene rings is 2. The molecule has 3 N–H and O–H groups in total. The van der Waals surface area contributed by atoms with Crippen molar-refractivity contribution in [1.29, 1.82) is 0 Å². The smallest absolute Gasteiger partial charge is 0.348 e. The third kappa shape index (κ3) is 6.03. The Bertz CT molecular complexity index is 1640. The summed E-state index contributed by atoms with van der Waals surface area (Å²) in [6.45, 7) is 0.0396. The standard InChI is InChI=1S/C29H25Cl2N5O6/c1-2-19-12-22(42-21(19)15-41-29(26(37)38,27(39)40)13-17-7-4-3-5-8-17)36-16-33-23-24(34-28(31)35-25(23)36)32-14-18-9-6-10-20(30)11-18/h1,3-11,16,19,21-22H,12-15H2,(H,37,38)(H,39,40)(H,32,34,35). The zero-order chi connectivity index (χ0) is 29.9. The van der Waals surface area contributed by atoms with Gasteiger partial charge < -0.3 is 25.0 Å². The van der Waals surface area contributed by atoms with Gasteiger partial charge in [-0.2, -0.15) is 9.97 Å². The average Bonchev–Trinajstić information content (AvgIpc) is 3.58. The Labute approximate surface area is 250 Å². The van der Waals surface area contributed by atoms with Gasteiger partial charge in [0.15, 0.2) is 17.0 Å². The number of halogens is 2. The number of hydrogen-bond acceptors (Lipinski definition) is 8. The van der Waals surface area contributed by atoms with Crippen LogP contribution in [0.25, 0.3) is 11.2 Å². The third-order valence-electron chi connectivity index (χ3n) is 6.98. The van der Waals surface area contributed by atoms with E-state index in [-0.39, 0.29) is 18.3 Å². The number of terminal acetylenes is 1. The van der Waals surface area contributed by atoms with E-state index in [4.69, 9.17) is 39.1 Å². The van der Waals surface area contributed by atoms with Gasteiger partial charge in [-0.3, -0.25) is 4.57 Å². The molecule has 1 fully saturated rings. The lowest BCUT2D eigenvalue weighted by atomic mass is 9.94. The SMILES string of the molecule is C#CC1CC(n2cnc3c(NCc4cccc(Cl)c4)nc(Cl)nc32)OC1COC(Cc1ccccc1)(C(=O)O)C(=O)O. The van der Waals surface area contributed by atoms with Gasteiger partial charge in [-0.25, -0.2) is 14.6 Å². The van der Waals surface area contributed by atoms with Crippen molar-refractivity contribution in [3.05, 3.63) is 82.4 Å². The fraction of sp³-hybridized carbons (Fsp3) is 0.276. The number of nitrogens with one attached hydrogen (secondary N) is 1. The maximum atomic E-state index is 12.2. The Morgan fingerprint density at radius 2 is 1.86 bits per heavy atom. The molecule has 2 aromatic heterocycles. The normalized spacial score (nSPS) is 18.5. The molecule has 2 aromatic carbocycles. The first-order valence-corrected chi connectivity index (χ1v) is 13.6. The van der Waals surface area contributed by atoms with Gasteiger partial charge >= 0.3 is 11.9 Å². The molecular formula is C29H25Cl2N5O6. The van der Waals surface area contributed by atoms with Gasteiger partial charge in [0.1, 0.15) is 6.23 Å². The molecule has 0 radical (unpaired) electrons. The molecule has 1 aliphatic rings. The Kier molecular flexibility index (Phi) is 8.61. The summed E-state index contributed by atoms with van der Waals surface area (Å²) in [5.74, 6) is -0.716. The highest BCUT2D eigenvalue weighted by atomic mass is 35.5. The van der Waals surface area contributed by atoms with Crippen molar-refractivity contribution in [1.82, 2.24) is 19.5 Å². The molecule has 1 aliphatic heterocycles. The van der Waals surface area contributed by atoms with Crippen molar-refractivity contribution in [2.24, 2.45) is 5.92 Å². The van der Waals surface area contributed by atoms with Crippen LogP contribution in [0.4, 0.5) is 5.82 Å². The van der Waals surface area contributed by atoms with E-state index in [0.29, 0.717) is 40.5 Å². The lowest BCUT2D eigenvalue weighted by Crippen LogP contribution is -2.52. The van der Waals surface area contributed by atoms with E-state index in [2.05, 4.69) is 26.2 Å². The number of carboxylic acid groups (broad SMARTS) is 2. The Morgan fingerprint density at radius 3 is 2.55 bits per heavy atom. The summed E-state index contributed by atoms with van der Waals surface area (Å²) in [6.07, 6.45) is 5.77. The highest BCUT2D eigenvalue weighted by Crippen LogP contribution is 2.36. The summed E-state index contributed by atoms with van der Waals surface area (Å²) in [5.41, 5.74) is -0.286. The molecule has 216 valence electrons. The van der Waals surface area contributed by atoms with Gasteiger partial charge in [-0.15, -0.1) is 12.3 Å². The molecular weight excluding hydrogens is 585 g/mol. The number of imidazole rings is 1. The number of aromatic nitrogens is 4. The number of aliphatic carboxylic acids is 2. The summed E-state index contributed by atoms with van der Waals surface area (Å²) < 4.78 is 13.5. The van der Waals surface area contributed by atoms with Crippen molar-refractivity contribution in [3.63, 3.8) is 0 Å². The lowest BCUT2D eigenvalue weighted by Gasteiger charge is -2.27. The van der Waals surface area contributed by atoms with Gasteiger partial charge in [0.25, 0.3) is 5.60 Å². The van der Waals surface area contributed by atoms with E-state index in [1.807, 2.05) is 18.2 Å². The molecule has 0 amide bonds. The molecule has 0 spiro atoms. The largest absolute Gasteiger partial charge is 0.479 e. The highest BCUT2D eigenvalue weighted by molar-refractivity contribution is 6.30. The molecule has 13 heteroatoms. The molecule has 4 aromatic rings. The summed E-state index contributed by atoms with van der Waals surface area (Å²) in [7, 11) is 0. The van der Waals surface area contributed by atoms with Crippen LogP contribution < -0.4 is 5.32 Å². The van der Waals surface area contributed by atoms with Crippen LogP contribution in [0.3, 0.4) is 0 Å². The maximum absolute atomic E-state index is 12.2. The average molecular weight is 610 g/mol. The summed E-state index contributed by atoms with van der Waals surface area (Å²) in [6, 6.07) is 15.7. The third-order valence-corrected chi connectivity index (χ3v) is 7.39. The molecule has 3 unspecified atom stereocenters. The van der Waals surface area contributed by atoms with Crippen LogP contribution >= 0.6 is 23.2 Å². The van der Waals surface area contributed by atoms with E-state index in [1.165, 1.54) is 6.33 Å². The summed E-state index contributed by atoms with van der Waals surface area (Å²) in [4.78, 5) is 37.5. The summed E-state index contributed by atoms with van der Waals surface area (Å²) >= 11 is 12.3. The Morgan fingerprint density at radius 1 is 1.12 bits per heavy atom. The number of hydrogen-bond donors (Lipinski definition) is 3. The quantitative estimate of drug-likeness (QED) is 0.126. The van der Waals surface area contributed by atoms with Crippen molar-refractivity contribution in [3.8, 4) is 12.3 Å². The molecule has 1 saturated heterocycles. The maximum Gasteiger partial charge on any atom is 0.348 e. The van der Waals surface area contributed by atoms with Gasteiger partial charge in [0, 0.05) is 24.4 Å². The number of anilines is 1. The minimum Gasteiger partial charge on any atom is -0.479 e. The minimum absolute atomic E-state index is 0.0159. The van der Waals surface area contributed by atoms with E-state index in [0.717, 1.165) is 5.56 Å². The van der Waals surface area contributed by atoms with Crippen molar-refractivity contribution >= 4 is 52.1 Å². The second-order valence-corrected chi connectivity index (χ2v) is 10.5. The lowest BCUT2D eigenvalue weighted by molar-refractivity contribution is -0.188. The van der Waals surface area contributed by atoms with Gasteiger partial charge in [0.2, 0.25) is 5.28 Å². The van der Waals surface area contributed by atoms with Gasteiger partial charge in [-0.1, -0.05) is 54.1 Å². The molecule has 0 bridgehead atoms. The molecule has 3 heterocycles. The van der Waals surface area contributed by atoms with Gasteiger partial charge in [-0.05, 0) is 34.9 Å². The van der Waals surface area contributed by atoms with Crippen LogP contribution in [0.5, 0.6) is 0 Å². The van der Waals surface area contributed by atoms with E-state index in [1.54, 1.807) is 41.0 Å². The summed E-state index contributed by atoms with van der Waals surface area (Å²) in [5, 5.41) is 23.6. The number of nitrogens with zero attached hydrogens (tertiary/aromatic N) is 4. The fourth-order valence-corrected chi connectivity index (χ4v) is 5.19. The zero-order valence-electron chi connectivity index (χ0n) is 22.0. The molecule has 5 rings (SSSR count). The molecule has 3 atom stereocenters. The Hall–Kier alpha value is -4.21. The molecule has 11 nitrogen and oxygen atoms in total. The first-order valence-electron chi connectivity index (χ1n) is 12.8. The molecule has 0 saturated carbocycles. The predicted octanol–water partition coefficient (Wildman–Crippen LogP) is 4.45. The van der Waals surface area contributed by atoms with Crippen molar-refractivity contribution in [2.45, 2.75) is 37.3 Å². The van der Waals surface area contributed by atoms with Crippen LogP contribution in [-0.4, -0.2) is 60.0 Å². The van der Waals surface area contributed by atoms with Crippen LogP contribution in [0.15, 0.2) is 60.9 Å². The number of carbonyl (C=O) groups is 2. The fourth-order valence-electron chi connectivity index (χ4n) is 4.81. The van der Waals surface area contributed by atoms with E-state index in [9.17, 15) is 19.8 Å². The van der Waals surface area contributed by atoms with Crippen LogP contribution in [0.1, 0.15) is 23.8 Å². The minimum atomic E-state index is -2.53. The second-order valence-electron chi connectivity index (χ2n) is 9.70. The van der Waals surface area contributed by atoms with Crippen LogP contribution in [0, 0.1) is 18.3 Å². The zero-order valence-corrected chi connectivity index (χ0v) is 23.5. The van der Waals surface area contributed by atoms with E-state index >= 15 is 0 Å². The Balaban J connectivity index is 1.35. The monoisotopic (exact) mass is 609 g/mol.